The first-order valence-electron chi connectivity index (χ1n) is 6.81. The van der Waals surface area contributed by atoms with E-state index in [2.05, 4.69) is 4.98 Å². The molecular weight excluding hydrogens is 314 g/mol. The quantitative estimate of drug-likeness (QED) is 0.882. The first kappa shape index (κ1) is 14.7. The van der Waals surface area contributed by atoms with Gasteiger partial charge in [0.2, 0.25) is 4.34 Å². The number of piperidine rings is 1. The summed E-state index contributed by atoms with van der Waals surface area (Å²) in [5.41, 5.74) is -0.0731. The zero-order chi connectivity index (χ0) is 15.1. The third-order valence-electron chi connectivity index (χ3n) is 4.47. The summed E-state index contributed by atoms with van der Waals surface area (Å²) in [5.74, 6) is 0. The van der Waals surface area contributed by atoms with Crippen molar-refractivity contribution >= 4 is 27.5 Å². The Kier molecular flexibility index (Phi) is 3.66. The summed E-state index contributed by atoms with van der Waals surface area (Å²) >= 11 is 1.13. The van der Waals surface area contributed by atoms with E-state index in [4.69, 9.17) is 5.11 Å². The van der Waals surface area contributed by atoms with Crippen LogP contribution in [-0.4, -0.2) is 60.0 Å². The number of aromatic nitrogens is 1. The molecule has 2 aliphatic heterocycles. The van der Waals surface area contributed by atoms with Crippen molar-refractivity contribution < 1.29 is 18.3 Å². The van der Waals surface area contributed by atoms with Crippen LogP contribution in [0.1, 0.15) is 19.3 Å². The van der Waals surface area contributed by atoms with Crippen LogP contribution in [0.25, 0.3) is 0 Å². The van der Waals surface area contributed by atoms with Gasteiger partial charge in [-0.25, -0.2) is 18.2 Å². The molecule has 2 fully saturated rings. The standard InChI is InChI=1S/C12H17N3O4S2/c16-11(17)14-5-1-12(2-6-14)3-7-15(9-12)21(18,19)10-13-4-8-20-10/h4,8H,1-3,5-7,9H2,(H,16,17). The molecule has 9 heteroatoms. The topological polar surface area (TPSA) is 90.8 Å². The summed E-state index contributed by atoms with van der Waals surface area (Å²) in [4.78, 5) is 16.3. The molecule has 0 aromatic carbocycles. The van der Waals surface area contributed by atoms with Crippen LogP contribution < -0.4 is 0 Å². The lowest BCUT2D eigenvalue weighted by atomic mass is 9.78. The predicted molar refractivity (Wildman–Crippen MR) is 76.8 cm³/mol. The zero-order valence-electron chi connectivity index (χ0n) is 11.4. The van der Waals surface area contributed by atoms with Gasteiger partial charge in [-0.3, -0.25) is 0 Å². The largest absolute Gasteiger partial charge is 0.465 e. The number of likely N-dealkylation sites (tertiary alicyclic amines) is 1. The molecule has 1 spiro atoms. The van der Waals surface area contributed by atoms with Crippen molar-refractivity contribution in [2.45, 2.75) is 23.6 Å². The highest BCUT2D eigenvalue weighted by molar-refractivity contribution is 7.91. The van der Waals surface area contributed by atoms with Crippen LogP contribution in [0.15, 0.2) is 15.9 Å². The molecule has 3 heterocycles. The van der Waals surface area contributed by atoms with Gasteiger partial charge in [0.05, 0.1) is 0 Å². The highest BCUT2D eigenvalue weighted by Crippen LogP contribution is 2.42. The van der Waals surface area contributed by atoms with Gasteiger partial charge in [0.25, 0.3) is 10.0 Å². The molecule has 0 radical (unpaired) electrons. The molecule has 21 heavy (non-hydrogen) atoms. The smallest absolute Gasteiger partial charge is 0.407 e. The number of rotatable bonds is 2. The lowest BCUT2D eigenvalue weighted by molar-refractivity contribution is 0.0954. The van der Waals surface area contributed by atoms with Gasteiger partial charge in [-0.1, -0.05) is 0 Å². The minimum Gasteiger partial charge on any atom is -0.465 e. The van der Waals surface area contributed by atoms with E-state index in [1.54, 1.807) is 5.38 Å². The summed E-state index contributed by atoms with van der Waals surface area (Å²) in [6.45, 7) is 1.94. The average molecular weight is 331 g/mol. The molecule has 7 nitrogen and oxygen atoms in total. The Labute approximate surface area is 127 Å². The third-order valence-corrected chi connectivity index (χ3v) is 7.49. The molecule has 1 aromatic heterocycles. The van der Waals surface area contributed by atoms with Crippen molar-refractivity contribution in [2.24, 2.45) is 5.41 Å². The monoisotopic (exact) mass is 331 g/mol. The van der Waals surface area contributed by atoms with E-state index in [-0.39, 0.29) is 9.75 Å². The Bertz CT molecular complexity index is 621. The van der Waals surface area contributed by atoms with Gasteiger partial charge in [-0.05, 0) is 24.7 Å². The third kappa shape index (κ3) is 2.65. The molecule has 0 unspecified atom stereocenters. The van der Waals surface area contributed by atoms with E-state index >= 15 is 0 Å². The average Bonchev–Trinajstić information content (AvgIpc) is 3.09. The molecule has 0 atom stereocenters. The van der Waals surface area contributed by atoms with Crippen LogP contribution in [-0.2, 0) is 10.0 Å². The number of thiazole rings is 1. The highest BCUT2D eigenvalue weighted by Gasteiger charge is 2.45. The van der Waals surface area contributed by atoms with Crippen molar-refractivity contribution in [1.82, 2.24) is 14.2 Å². The number of carbonyl (C=O) groups is 1. The van der Waals surface area contributed by atoms with E-state index in [9.17, 15) is 13.2 Å². The van der Waals surface area contributed by atoms with Crippen LogP contribution in [0.5, 0.6) is 0 Å². The number of carboxylic acid groups (broad SMARTS) is 1. The van der Waals surface area contributed by atoms with Gasteiger partial charge in [-0.15, -0.1) is 11.3 Å². The normalized spacial score (nSPS) is 22.8. The number of nitrogens with zero attached hydrogens (tertiary/aromatic N) is 3. The second-order valence-corrected chi connectivity index (χ2v) is 8.66. The fourth-order valence-corrected chi connectivity index (χ4v) is 5.65. The summed E-state index contributed by atoms with van der Waals surface area (Å²) in [7, 11) is -3.49. The molecule has 116 valence electrons. The van der Waals surface area contributed by atoms with Crippen LogP contribution in [0.2, 0.25) is 0 Å². The number of hydrogen-bond donors (Lipinski definition) is 1. The zero-order valence-corrected chi connectivity index (χ0v) is 13.1. The second kappa shape index (κ2) is 5.22. The summed E-state index contributed by atoms with van der Waals surface area (Å²) in [5, 5.41) is 10.6. The fourth-order valence-electron chi connectivity index (χ4n) is 3.13. The van der Waals surface area contributed by atoms with Crippen LogP contribution in [0.4, 0.5) is 4.79 Å². The van der Waals surface area contributed by atoms with Gasteiger partial charge in [0, 0.05) is 37.8 Å². The van der Waals surface area contributed by atoms with Gasteiger partial charge in [0.1, 0.15) is 0 Å². The Balaban J connectivity index is 1.70. The molecule has 0 saturated carbocycles. The lowest BCUT2D eigenvalue weighted by Crippen LogP contribution is -2.44. The fraction of sp³-hybridized carbons (Fsp3) is 0.667. The molecule has 0 aliphatic carbocycles. The van der Waals surface area contributed by atoms with E-state index in [0.29, 0.717) is 26.2 Å². The predicted octanol–water partition coefficient (Wildman–Crippen LogP) is 1.30. The summed E-state index contributed by atoms with van der Waals surface area (Å²) in [6, 6.07) is 0. The lowest BCUT2D eigenvalue weighted by Gasteiger charge is -2.37. The summed E-state index contributed by atoms with van der Waals surface area (Å²) < 4.78 is 26.6. The molecule has 2 aliphatic rings. The molecule has 2 saturated heterocycles. The Morgan fingerprint density at radius 2 is 1.95 bits per heavy atom. The molecular formula is C12H17N3O4S2. The van der Waals surface area contributed by atoms with Gasteiger partial charge < -0.3 is 10.0 Å². The minimum atomic E-state index is -3.49. The molecule has 0 bridgehead atoms. The van der Waals surface area contributed by atoms with Crippen LogP contribution in [0.3, 0.4) is 0 Å². The highest BCUT2D eigenvalue weighted by atomic mass is 32.2. The maximum absolute atomic E-state index is 12.5. The Morgan fingerprint density at radius 1 is 1.29 bits per heavy atom. The van der Waals surface area contributed by atoms with Gasteiger partial charge in [0.15, 0.2) is 0 Å². The van der Waals surface area contributed by atoms with E-state index in [0.717, 1.165) is 30.6 Å². The van der Waals surface area contributed by atoms with Crippen LogP contribution >= 0.6 is 11.3 Å². The number of hydrogen-bond acceptors (Lipinski definition) is 5. The first-order valence-corrected chi connectivity index (χ1v) is 9.13. The van der Waals surface area contributed by atoms with E-state index < -0.39 is 16.1 Å². The summed E-state index contributed by atoms with van der Waals surface area (Å²) in [6.07, 6.45) is 2.85. The minimum absolute atomic E-state index is 0.0731. The SMILES string of the molecule is O=C(O)N1CCC2(CC1)CCN(S(=O)(=O)c1nccs1)C2. The van der Waals surface area contributed by atoms with E-state index in [1.807, 2.05) is 0 Å². The molecule has 3 rings (SSSR count). The van der Waals surface area contributed by atoms with Crippen molar-refractivity contribution in [3.63, 3.8) is 0 Å². The van der Waals surface area contributed by atoms with Crippen LogP contribution in [0, 0.1) is 5.41 Å². The maximum atomic E-state index is 12.5. The van der Waals surface area contributed by atoms with Crippen molar-refractivity contribution in [1.29, 1.82) is 0 Å². The Hall–Kier alpha value is -1.19. The van der Waals surface area contributed by atoms with Crippen molar-refractivity contribution in [3.8, 4) is 0 Å². The van der Waals surface area contributed by atoms with Gasteiger partial charge >= 0.3 is 6.09 Å². The number of sulfonamides is 1. The van der Waals surface area contributed by atoms with Crippen molar-refractivity contribution in [2.75, 3.05) is 26.2 Å². The molecule has 1 N–H and O–H groups in total. The second-order valence-electron chi connectivity index (χ2n) is 5.66. The van der Waals surface area contributed by atoms with Gasteiger partial charge in [-0.2, -0.15) is 4.31 Å². The first-order chi connectivity index (χ1) is 9.93. The molecule has 1 aromatic rings. The molecule has 1 amide bonds. The van der Waals surface area contributed by atoms with E-state index in [1.165, 1.54) is 15.4 Å². The Morgan fingerprint density at radius 3 is 2.52 bits per heavy atom. The van der Waals surface area contributed by atoms with Crippen molar-refractivity contribution in [3.05, 3.63) is 11.6 Å². The maximum Gasteiger partial charge on any atom is 0.407 e. The number of amides is 1.